The van der Waals surface area contributed by atoms with E-state index in [1.54, 1.807) is 17.0 Å². The second-order valence-corrected chi connectivity index (χ2v) is 15.5. The Hall–Kier alpha value is -3.13. The van der Waals surface area contributed by atoms with Crippen molar-refractivity contribution in [1.29, 1.82) is 0 Å². The van der Waals surface area contributed by atoms with Crippen molar-refractivity contribution < 1.29 is 54.9 Å². The fraction of sp³-hybridized carbons (Fsp3) is 0.698. The second-order valence-electron chi connectivity index (χ2n) is 15.5. The number of hydrogen-bond acceptors (Lipinski definition) is 6. The molecule has 0 radical (unpaired) electrons. The number of halogens is 8. The molecule has 0 bridgehead atoms. The number of aliphatic hydroxyl groups excluding tert-OH is 1. The summed E-state index contributed by atoms with van der Waals surface area (Å²) in [7, 11) is 0. The summed E-state index contributed by atoms with van der Waals surface area (Å²) in [6.07, 6.45) is -3.96. The number of nitrogens with zero attached hydrogens (tertiary/aromatic N) is 1. The van der Waals surface area contributed by atoms with Crippen LogP contribution in [0.25, 0.3) is 0 Å². The van der Waals surface area contributed by atoms with Gasteiger partial charge in [0.05, 0.1) is 19.3 Å². The lowest BCUT2D eigenvalue weighted by Gasteiger charge is -2.53. The number of nitrogens with two attached hydrogens (primary N) is 1. The first-order chi connectivity index (χ1) is 26.8. The molecule has 1 heterocycles. The molecule has 3 fully saturated rings. The highest BCUT2D eigenvalue weighted by atomic mass is 19.4. The van der Waals surface area contributed by atoms with Crippen LogP contribution in [0.3, 0.4) is 0 Å². The third kappa shape index (κ3) is 13.2. The minimum Gasteiger partial charge on any atom is -0.508 e. The Labute approximate surface area is 333 Å². The first-order valence-electron chi connectivity index (χ1n) is 20.3. The maximum absolute atomic E-state index is 13.2. The van der Waals surface area contributed by atoms with Gasteiger partial charge in [-0.2, -0.15) is 35.1 Å². The Morgan fingerprint density at radius 2 is 1.54 bits per heavy atom. The van der Waals surface area contributed by atoms with E-state index in [4.69, 9.17) is 20.4 Å². The van der Waals surface area contributed by atoms with E-state index in [-0.39, 0.29) is 36.8 Å². The number of fused-ring (bicyclic) bond motifs is 5. The molecule has 326 valence electrons. The van der Waals surface area contributed by atoms with Crippen LogP contribution in [0.5, 0.6) is 5.75 Å². The molecule has 57 heavy (non-hydrogen) atoms. The van der Waals surface area contributed by atoms with Gasteiger partial charge >= 0.3 is 18.3 Å². The Kier molecular flexibility index (Phi) is 19.6. The number of hydrogen-bond donors (Lipinski definition) is 3. The number of carbonyl (C=O) groups is 1. The number of alkyl halides is 8. The molecule has 4 aliphatic rings. The van der Waals surface area contributed by atoms with Crippen LogP contribution >= 0.6 is 0 Å². The molecule has 0 aromatic heterocycles. The predicted molar refractivity (Wildman–Crippen MR) is 210 cm³/mol. The van der Waals surface area contributed by atoms with Crippen molar-refractivity contribution in [3.63, 3.8) is 0 Å². The van der Waals surface area contributed by atoms with Gasteiger partial charge in [-0.1, -0.05) is 66.4 Å². The minimum atomic E-state index is -5.47. The maximum atomic E-state index is 13.2. The highest BCUT2D eigenvalue weighted by molar-refractivity contribution is 5.49. The lowest BCUT2D eigenvalue weighted by atomic mass is 9.52. The van der Waals surface area contributed by atoms with Crippen molar-refractivity contribution in [1.82, 2.24) is 0 Å². The standard InChI is InChI=1S/C25H34F5NO.C11H12F3NO2.C4H10.C2H6.CH2O/c1-23-12-10-19-18-7-6-17(31)14-16(18)13-15(22(19)20(23)8-9-21(23)32)5-3-2-4-11-24(26,27)25(28,29)30;12-11(13,14)10-7-15(5-6-17-10)8-1-3-9(16)4-2-8;1-3-4-2;2*1-2/h6-7,14-15,19-22,32H,2-5,8-13,31H2,1H3;1-4,10,16H,5-7H2;3-4H2,1-2H3;1-2H3;1H2/t15-,19?,20?,21?,22?,23?;;;;/m1..../s1. The lowest BCUT2D eigenvalue weighted by Crippen LogP contribution is -2.49. The summed E-state index contributed by atoms with van der Waals surface area (Å²) in [6.45, 7) is 12.8. The van der Waals surface area contributed by atoms with Crippen LogP contribution in [-0.2, 0) is 16.0 Å². The van der Waals surface area contributed by atoms with Gasteiger partial charge in [0.15, 0.2) is 6.10 Å². The number of phenols is 1. The third-order valence-corrected chi connectivity index (χ3v) is 12.0. The molecule has 0 amide bonds. The number of anilines is 2. The van der Waals surface area contributed by atoms with Gasteiger partial charge in [0, 0.05) is 24.3 Å². The highest BCUT2D eigenvalue weighted by Crippen LogP contribution is 2.62. The molecular formula is C43H64F8N2O4. The predicted octanol–water partition coefficient (Wildman–Crippen LogP) is 11.7. The van der Waals surface area contributed by atoms with Crippen LogP contribution in [-0.4, -0.2) is 67.2 Å². The number of nitrogen functional groups attached to an aromatic ring is 1. The zero-order chi connectivity index (χ0) is 43.2. The molecule has 6 unspecified atom stereocenters. The number of carbonyl (C=O) groups excluding carboxylic acids is 1. The summed E-state index contributed by atoms with van der Waals surface area (Å²) in [5.74, 6) is -2.94. The summed E-state index contributed by atoms with van der Waals surface area (Å²) >= 11 is 0. The monoisotopic (exact) mass is 824 g/mol. The number of morpholine rings is 1. The molecule has 2 aromatic rings. The van der Waals surface area contributed by atoms with E-state index in [2.05, 4.69) is 26.8 Å². The average molecular weight is 825 g/mol. The highest BCUT2D eigenvalue weighted by Gasteiger charge is 2.57. The van der Waals surface area contributed by atoms with Crippen molar-refractivity contribution in [3.8, 4) is 5.75 Å². The summed E-state index contributed by atoms with van der Waals surface area (Å²) in [5, 5.41) is 19.8. The quantitative estimate of drug-likeness (QED) is 0.139. The van der Waals surface area contributed by atoms with Crippen LogP contribution in [0, 0.1) is 23.2 Å². The number of rotatable bonds is 8. The molecule has 6 nitrogen and oxygen atoms in total. The third-order valence-electron chi connectivity index (χ3n) is 12.0. The zero-order valence-electron chi connectivity index (χ0n) is 34.1. The van der Waals surface area contributed by atoms with Crippen molar-refractivity contribution >= 4 is 18.2 Å². The SMILES string of the molecule is C=O.CC.CC12CCC3c4ccc(N)cc4C[C@@H](CCCCCC(F)(F)C(F)(F)F)C3C1CCC2O.CCCC.Oc1ccc(N2CCOC(C(F)(F)F)C2)cc1. The van der Waals surface area contributed by atoms with Gasteiger partial charge in [-0.05, 0) is 122 Å². The van der Waals surface area contributed by atoms with Gasteiger partial charge in [0.25, 0.3) is 0 Å². The largest absolute Gasteiger partial charge is 0.508 e. The Morgan fingerprint density at radius 1 is 0.912 bits per heavy atom. The molecule has 6 rings (SSSR count). The van der Waals surface area contributed by atoms with Gasteiger partial charge in [-0.3, -0.25) is 0 Å². The number of aliphatic hydroxyl groups is 1. The topological polar surface area (TPSA) is 96.0 Å². The molecule has 0 spiro atoms. The molecule has 3 aliphatic carbocycles. The van der Waals surface area contributed by atoms with E-state index in [0.29, 0.717) is 48.7 Å². The summed E-state index contributed by atoms with van der Waals surface area (Å²) in [5.41, 5.74) is 9.94. The van der Waals surface area contributed by atoms with E-state index in [0.717, 1.165) is 44.2 Å². The summed E-state index contributed by atoms with van der Waals surface area (Å²) < 4.78 is 106. The molecule has 2 saturated carbocycles. The molecule has 1 saturated heterocycles. The Balaban J connectivity index is 0.000000376. The lowest BCUT2D eigenvalue weighted by molar-refractivity contribution is -0.284. The molecule has 4 N–H and O–H groups in total. The number of unbranched alkanes of at least 4 members (excludes halogenated alkanes) is 3. The smallest absolute Gasteiger partial charge is 0.453 e. The van der Waals surface area contributed by atoms with E-state index in [1.807, 2.05) is 32.8 Å². The van der Waals surface area contributed by atoms with Crippen molar-refractivity contribution in [2.45, 2.75) is 148 Å². The fourth-order valence-corrected chi connectivity index (χ4v) is 8.88. The molecule has 1 aliphatic heterocycles. The number of ether oxygens (including phenoxy) is 1. The first-order valence-corrected chi connectivity index (χ1v) is 20.3. The summed E-state index contributed by atoms with van der Waals surface area (Å²) in [6, 6.07) is 12.2. The fourth-order valence-electron chi connectivity index (χ4n) is 8.88. The second kappa shape index (κ2) is 22.3. The van der Waals surface area contributed by atoms with Crippen LogP contribution in [0.1, 0.15) is 122 Å². The van der Waals surface area contributed by atoms with Crippen LogP contribution in [0.2, 0.25) is 0 Å². The number of phenolic OH excluding ortho intramolecular Hbond substituents is 1. The van der Waals surface area contributed by atoms with Gasteiger partial charge in [-0.25, -0.2) is 0 Å². The van der Waals surface area contributed by atoms with E-state index in [1.165, 1.54) is 36.1 Å². The average Bonchev–Trinajstić information content (AvgIpc) is 3.49. The number of aromatic hydroxyl groups is 1. The van der Waals surface area contributed by atoms with E-state index in [9.17, 15) is 40.2 Å². The Morgan fingerprint density at radius 3 is 2.12 bits per heavy atom. The molecule has 7 atom stereocenters. The van der Waals surface area contributed by atoms with Crippen LogP contribution in [0.4, 0.5) is 46.5 Å². The molecule has 14 heteroatoms. The van der Waals surface area contributed by atoms with Crippen molar-refractivity contribution in [2.24, 2.45) is 23.2 Å². The minimum absolute atomic E-state index is 0.0467. The van der Waals surface area contributed by atoms with Crippen molar-refractivity contribution in [2.75, 3.05) is 30.3 Å². The van der Waals surface area contributed by atoms with Gasteiger partial charge in [0.2, 0.25) is 0 Å². The zero-order valence-corrected chi connectivity index (χ0v) is 34.1. The maximum Gasteiger partial charge on any atom is 0.453 e. The molecule has 2 aromatic carbocycles. The molecular weight excluding hydrogens is 760 g/mol. The van der Waals surface area contributed by atoms with Crippen LogP contribution < -0.4 is 10.6 Å². The van der Waals surface area contributed by atoms with Gasteiger partial charge in [0.1, 0.15) is 12.5 Å². The van der Waals surface area contributed by atoms with E-state index < -0.39 is 30.8 Å². The Bertz CT molecular complexity index is 1460. The van der Waals surface area contributed by atoms with E-state index >= 15 is 0 Å². The van der Waals surface area contributed by atoms with Gasteiger partial charge in [-0.15, -0.1) is 0 Å². The van der Waals surface area contributed by atoms with Gasteiger partial charge < -0.3 is 30.4 Å². The first kappa shape index (κ1) is 50.0. The van der Waals surface area contributed by atoms with Crippen molar-refractivity contribution in [3.05, 3.63) is 53.6 Å². The normalized spacial score (nSPS) is 26.6. The summed E-state index contributed by atoms with van der Waals surface area (Å²) in [4.78, 5) is 9.60. The number of benzene rings is 2. The van der Waals surface area contributed by atoms with Crippen LogP contribution in [0.15, 0.2) is 42.5 Å².